The summed E-state index contributed by atoms with van der Waals surface area (Å²) in [5.74, 6) is 1.12. The highest BCUT2D eigenvalue weighted by atomic mass is 79.9. The van der Waals surface area contributed by atoms with E-state index in [4.69, 9.17) is 21.7 Å². The van der Waals surface area contributed by atoms with Crippen molar-refractivity contribution in [2.24, 2.45) is 0 Å². The zero-order valence-electron chi connectivity index (χ0n) is 18.5. The van der Waals surface area contributed by atoms with E-state index < -0.39 is 0 Å². The summed E-state index contributed by atoms with van der Waals surface area (Å²) in [6.45, 7) is 4.30. The highest BCUT2D eigenvalue weighted by Gasteiger charge is 2.33. The second-order valence-corrected chi connectivity index (χ2v) is 10.1. The van der Waals surface area contributed by atoms with Gasteiger partial charge in [-0.25, -0.2) is 0 Å². The van der Waals surface area contributed by atoms with Crippen molar-refractivity contribution >= 4 is 61.9 Å². The first-order valence-corrected chi connectivity index (χ1v) is 12.5. The number of thioether (sulfide) groups is 1. The Labute approximate surface area is 217 Å². The van der Waals surface area contributed by atoms with Crippen molar-refractivity contribution in [3.05, 3.63) is 105 Å². The van der Waals surface area contributed by atoms with Gasteiger partial charge in [-0.3, -0.25) is 9.69 Å². The number of carbonyl (C=O) groups is 1. The highest BCUT2D eigenvalue weighted by Crippen LogP contribution is 2.39. The molecule has 3 aromatic rings. The summed E-state index contributed by atoms with van der Waals surface area (Å²) >= 11 is 10.2. The Kier molecular flexibility index (Phi) is 7.88. The third-order valence-electron chi connectivity index (χ3n) is 5.12. The van der Waals surface area contributed by atoms with Crippen LogP contribution in [0.15, 0.2) is 88.8 Å². The van der Waals surface area contributed by atoms with Crippen LogP contribution < -0.4 is 14.4 Å². The van der Waals surface area contributed by atoms with Crippen LogP contribution in [-0.2, 0) is 17.8 Å². The van der Waals surface area contributed by atoms with Gasteiger partial charge in [-0.1, -0.05) is 82.4 Å². The van der Waals surface area contributed by atoms with Crippen molar-refractivity contribution in [2.75, 3.05) is 12.0 Å². The Morgan fingerprint density at radius 2 is 1.91 bits per heavy atom. The Hall–Kier alpha value is -2.87. The smallest absolute Gasteiger partial charge is 0.270 e. The van der Waals surface area contributed by atoms with Gasteiger partial charge >= 0.3 is 0 Å². The number of carbonyl (C=O) groups excluding carboxylic acids is 1. The van der Waals surface area contributed by atoms with Crippen LogP contribution in [0.1, 0.15) is 16.7 Å². The predicted octanol–water partition coefficient (Wildman–Crippen LogP) is 7.17. The summed E-state index contributed by atoms with van der Waals surface area (Å²) in [4.78, 5) is 15.3. The molecule has 0 aromatic heterocycles. The fourth-order valence-electron chi connectivity index (χ4n) is 3.58. The van der Waals surface area contributed by atoms with Crippen molar-refractivity contribution in [3.8, 4) is 11.5 Å². The zero-order chi connectivity index (χ0) is 24.1. The number of nitrogens with zero attached hydrogens (tertiary/aromatic N) is 1. The molecule has 7 heteroatoms. The van der Waals surface area contributed by atoms with Gasteiger partial charge in [-0.2, -0.15) is 0 Å². The third-order valence-corrected chi connectivity index (χ3v) is 6.92. The van der Waals surface area contributed by atoms with Gasteiger partial charge in [0.25, 0.3) is 5.91 Å². The van der Waals surface area contributed by atoms with E-state index in [1.54, 1.807) is 12.0 Å². The average Bonchev–Trinajstić information content (AvgIpc) is 3.11. The molecule has 4 rings (SSSR count). The number of allylic oxidation sites excluding steroid dienone is 1. The topological polar surface area (TPSA) is 38.8 Å². The fraction of sp³-hybridized carbons (Fsp3) is 0.111. The molecule has 172 valence electrons. The molecule has 0 unspecified atom stereocenters. The molecule has 34 heavy (non-hydrogen) atoms. The van der Waals surface area contributed by atoms with Crippen LogP contribution in [0.25, 0.3) is 6.08 Å². The normalized spacial score (nSPS) is 14.5. The summed E-state index contributed by atoms with van der Waals surface area (Å²) in [6.07, 6.45) is 4.26. The predicted molar refractivity (Wildman–Crippen MR) is 147 cm³/mol. The molecule has 1 fully saturated rings. The van der Waals surface area contributed by atoms with E-state index in [9.17, 15) is 4.79 Å². The number of hydrogen-bond donors (Lipinski definition) is 0. The molecule has 0 radical (unpaired) electrons. The minimum Gasteiger partial charge on any atom is -0.493 e. The Morgan fingerprint density at radius 3 is 2.62 bits per heavy atom. The standard InChI is InChI=1S/C27H22BrNO3S2/c1-3-8-20-13-19(14-23(31-2)25(20)32-17-18-9-5-4-6-10-18)15-24-26(30)29(27(33)34-24)22-12-7-11-21(28)16-22/h3-7,9-16H,1,8,17H2,2H3/b24-15-. The molecule has 4 nitrogen and oxygen atoms in total. The van der Waals surface area contributed by atoms with Gasteiger partial charge in [0.05, 0.1) is 17.7 Å². The Morgan fingerprint density at radius 1 is 1.12 bits per heavy atom. The van der Waals surface area contributed by atoms with Crippen LogP contribution in [0.2, 0.25) is 0 Å². The van der Waals surface area contributed by atoms with E-state index >= 15 is 0 Å². The van der Waals surface area contributed by atoms with Crippen LogP contribution in [0.5, 0.6) is 11.5 Å². The van der Waals surface area contributed by atoms with E-state index in [0.29, 0.717) is 33.8 Å². The number of ether oxygens (including phenoxy) is 2. The highest BCUT2D eigenvalue weighted by molar-refractivity contribution is 9.10. The van der Waals surface area contributed by atoms with E-state index in [0.717, 1.165) is 26.9 Å². The molecule has 1 aliphatic heterocycles. The molecule has 0 spiro atoms. The molecular formula is C27H22BrNO3S2. The van der Waals surface area contributed by atoms with Crippen molar-refractivity contribution in [3.63, 3.8) is 0 Å². The average molecular weight is 553 g/mol. The number of benzene rings is 3. The number of halogens is 1. The Balaban J connectivity index is 1.65. The number of thiocarbonyl (C=S) groups is 1. The second-order valence-electron chi connectivity index (χ2n) is 7.48. The molecule has 0 N–H and O–H groups in total. The maximum atomic E-state index is 13.2. The van der Waals surface area contributed by atoms with Crippen molar-refractivity contribution in [1.82, 2.24) is 0 Å². The van der Waals surface area contributed by atoms with E-state index in [1.165, 1.54) is 11.8 Å². The minimum absolute atomic E-state index is 0.151. The van der Waals surface area contributed by atoms with Gasteiger partial charge in [-0.15, -0.1) is 6.58 Å². The van der Waals surface area contributed by atoms with Gasteiger partial charge in [0.15, 0.2) is 15.8 Å². The van der Waals surface area contributed by atoms with Crippen LogP contribution in [0.4, 0.5) is 5.69 Å². The molecule has 0 saturated carbocycles. The molecule has 1 heterocycles. The number of anilines is 1. The largest absolute Gasteiger partial charge is 0.493 e. The van der Waals surface area contributed by atoms with Gasteiger partial charge in [0.2, 0.25) is 0 Å². The summed E-state index contributed by atoms with van der Waals surface area (Å²) in [5, 5.41) is 0. The summed E-state index contributed by atoms with van der Waals surface area (Å²) < 4.78 is 13.2. The van der Waals surface area contributed by atoms with Crippen LogP contribution in [-0.4, -0.2) is 17.3 Å². The number of rotatable bonds is 8. The van der Waals surface area contributed by atoms with Gasteiger partial charge in [0, 0.05) is 10.0 Å². The number of methoxy groups -OCH3 is 1. The summed E-state index contributed by atoms with van der Waals surface area (Å²) in [6, 6.07) is 21.4. The first-order valence-electron chi connectivity index (χ1n) is 10.5. The van der Waals surface area contributed by atoms with Crippen molar-refractivity contribution in [1.29, 1.82) is 0 Å². The molecule has 1 amide bonds. The van der Waals surface area contributed by atoms with Crippen LogP contribution in [0.3, 0.4) is 0 Å². The molecule has 1 aliphatic rings. The first-order chi connectivity index (χ1) is 16.5. The maximum absolute atomic E-state index is 13.2. The number of amides is 1. The molecule has 0 atom stereocenters. The van der Waals surface area contributed by atoms with E-state index in [1.807, 2.05) is 78.9 Å². The number of hydrogen-bond acceptors (Lipinski definition) is 5. The minimum atomic E-state index is -0.151. The lowest BCUT2D eigenvalue weighted by molar-refractivity contribution is -0.113. The summed E-state index contributed by atoms with van der Waals surface area (Å²) in [7, 11) is 1.61. The van der Waals surface area contributed by atoms with E-state index in [-0.39, 0.29) is 5.91 Å². The lowest BCUT2D eigenvalue weighted by Crippen LogP contribution is -2.27. The first kappa shape index (κ1) is 24.3. The molecule has 3 aromatic carbocycles. The molecule has 1 saturated heterocycles. The zero-order valence-corrected chi connectivity index (χ0v) is 21.7. The van der Waals surface area contributed by atoms with E-state index in [2.05, 4.69) is 22.5 Å². The van der Waals surface area contributed by atoms with Crippen LogP contribution in [0, 0.1) is 0 Å². The second kappa shape index (κ2) is 11.0. The monoisotopic (exact) mass is 551 g/mol. The van der Waals surface area contributed by atoms with Gasteiger partial charge in [0.1, 0.15) is 6.61 Å². The molecular weight excluding hydrogens is 530 g/mol. The lowest BCUT2D eigenvalue weighted by Gasteiger charge is -2.16. The Bertz CT molecular complexity index is 1270. The summed E-state index contributed by atoms with van der Waals surface area (Å²) in [5.41, 5.74) is 3.55. The molecule has 0 aliphatic carbocycles. The SMILES string of the molecule is C=CCc1cc(/C=C2\SC(=S)N(c3cccc(Br)c3)C2=O)cc(OC)c1OCc1ccccc1. The lowest BCUT2D eigenvalue weighted by atomic mass is 10.0. The van der Waals surface area contributed by atoms with Gasteiger partial charge < -0.3 is 9.47 Å². The van der Waals surface area contributed by atoms with Crippen molar-refractivity contribution in [2.45, 2.75) is 13.0 Å². The maximum Gasteiger partial charge on any atom is 0.270 e. The third kappa shape index (κ3) is 5.43. The van der Waals surface area contributed by atoms with Crippen molar-refractivity contribution < 1.29 is 14.3 Å². The van der Waals surface area contributed by atoms with Gasteiger partial charge in [-0.05, 0) is 54.0 Å². The fourth-order valence-corrected chi connectivity index (χ4v) is 5.26. The molecule has 0 bridgehead atoms. The quantitative estimate of drug-likeness (QED) is 0.168. The van der Waals surface area contributed by atoms with Crippen LogP contribution >= 0.6 is 39.9 Å².